The van der Waals surface area contributed by atoms with Gasteiger partial charge in [-0.2, -0.15) is 0 Å². The minimum atomic E-state index is -4.35. The highest BCUT2D eigenvalue weighted by Gasteiger charge is 2.25. The first-order chi connectivity index (χ1) is 16.7. The molecule has 0 saturated carbocycles. The molecule has 180 valence electrons. The zero-order valence-corrected chi connectivity index (χ0v) is 21.4. The number of benzene rings is 4. The molecule has 4 aromatic rings. The number of phosphoric ester groups is 1. The van der Waals surface area contributed by atoms with Gasteiger partial charge in [-0.05, 0) is 69.5 Å². The minimum absolute atomic E-state index is 0.264. The molecule has 1 N–H and O–H groups in total. The quantitative estimate of drug-likeness (QED) is 0.253. The van der Waals surface area contributed by atoms with Gasteiger partial charge in [-0.3, -0.25) is 4.89 Å². The second-order valence-electron chi connectivity index (χ2n) is 9.25. The van der Waals surface area contributed by atoms with Crippen molar-refractivity contribution < 1.29 is 18.5 Å². The fourth-order valence-electron chi connectivity index (χ4n) is 3.82. The predicted octanol–water partition coefficient (Wildman–Crippen LogP) is 8.83. The Labute approximate surface area is 207 Å². The van der Waals surface area contributed by atoms with Gasteiger partial charge in [0, 0.05) is 0 Å². The van der Waals surface area contributed by atoms with E-state index in [-0.39, 0.29) is 11.5 Å². The van der Waals surface area contributed by atoms with E-state index < -0.39 is 7.82 Å². The Bertz CT molecular complexity index is 1190. The molecule has 0 fully saturated rings. The first-order valence-electron chi connectivity index (χ1n) is 11.8. The number of rotatable bonds is 8. The van der Waals surface area contributed by atoms with Crippen molar-refractivity contribution in [3.63, 3.8) is 0 Å². The smallest absolute Gasteiger partial charge is 0.395 e. The summed E-state index contributed by atoms with van der Waals surface area (Å²) in [6.45, 7) is 8.65. The monoisotopic (exact) mass is 486 g/mol. The molecule has 0 aliphatic carbocycles. The zero-order chi connectivity index (χ0) is 25.0. The highest BCUT2D eigenvalue weighted by atomic mass is 31.2. The van der Waals surface area contributed by atoms with Crippen LogP contribution in [0.15, 0.2) is 97.1 Å². The summed E-state index contributed by atoms with van der Waals surface area (Å²) in [7, 11) is -4.35. The third kappa shape index (κ3) is 6.42. The molecule has 0 aromatic heterocycles. The van der Waals surface area contributed by atoms with E-state index in [2.05, 4.69) is 76.2 Å². The Kier molecular flexibility index (Phi) is 7.45. The molecule has 4 nitrogen and oxygen atoms in total. The molecule has 0 radical (unpaired) electrons. The maximum absolute atomic E-state index is 12.6. The van der Waals surface area contributed by atoms with Crippen LogP contribution in [-0.4, -0.2) is 4.89 Å². The van der Waals surface area contributed by atoms with Gasteiger partial charge in [0.1, 0.15) is 11.5 Å². The van der Waals surface area contributed by atoms with Crippen molar-refractivity contribution in [1.29, 1.82) is 0 Å². The number of phosphoric acid groups is 1. The Morgan fingerprint density at radius 3 is 1.03 bits per heavy atom. The molecule has 0 atom stereocenters. The molecule has 0 aliphatic heterocycles. The first kappa shape index (κ1) is 24.8. The zero-order valence-electron chi connectivity index (χ0n) is 20.5. The molecule has 0 unspecified atom stereocenters. The Hall–Kier alpha value is -3.33. The van der Waals surface area contributed by atoms with Crippen molar-refractivity contribution in [3.05, 3.63) is 108 Å². The molecule has 0 spiro atoms. The second kappa shape index (κ2) is 10.5. The van der Waals surface area contributed by atoms with Crippen LogP contribution < -0.4 is 9.05 Å². The van der Waals surface area contributed by atoms with Crippen LogP contribution in [0.3, 0.4) is 0 Å². The molecule has 0 saturated heterocycles. The Morgan fingerprint density at radius 1 is 0.514 bits per heavy atom. The van der Waals surface area contributed by atoms with Gasteiger partial charge in [-0.15, -0.1) is 0 Å². The van der Waals surface area contributed by atoms with Crippen LogP contribution >= 0.6 is 7.82 Å². The third-order valence-corrected chi connectivity index (χ3v) is 6.85. The molecule has 4 rings (SSSR count). The number of hydrogen-bond donors (Lipinski definition) is 1. The van der Waals surface area contributed by atoms with E-state index in [0.29, 0.717) is 11.8 Å². The molecule has 0 bridgehead atoms. The summed E-state index contributed by atoms with van der Waals surface area (Å²) < 4.78 is 23.1. The SMILES string of the molecule is CC(C)c1ccc(-c2ccc(OP(=O)(O)Oc3ccc(-c4ccc(C(C)C)cc4)cc3)cc2)cc1. The van der Waals surface area contributed by atoms with Crippen LogP contribution in [0.1, 0.15) is 50.7 Å². The lowest BCUT2D eigenvalue weighted by atomic mass is 9.99. The first-order valence-corrected chi connectivity index (χ1v) is 13.3. The number of hydrogen-bond acceptors (Lipinski definition) is 3. The summed E-state index contributed by atoms with van der Waals surface area (Å²) >= 11 is 0. The topological polar surface area (TPSA) is 55.8 Å². The van der Waals surface area contributed by atoms with Crippen LogP contribution in [-0.2, 0) is 4.57 Å². The van der Waals surface area contributed by atoms with Crippen LogP contribution in [0.25, 0.3) is 22.3 Å². The summed E-state index contributed by atoms with van der Waals surface area (Å²) in [5.41, 5.74) is 6.71. The molecular formula is C30H31O4P. The standard InChI is InChI=1S/C30H31O4P/c1-21(2)23-5-9-25(10-6-23)27-13-17-29(18-14-27)33-35(31,32)34-30-19-15-28(16-20-30)26-11-7-24(8-12-26)22(3)4/h5-22H,1-4H3,(H,31,32). The van der Waals surface area contributed by atoms with Gasteiger partial charge in [0.15, 0.2) is 0 Å². The summed E-state index contributed by atoms with van der Waals surface area (Å²) in [6.07, 6.45) is 0. The van der Waals surface area contributed by atoms with Gasteiger partial charge in [-0.1, -0.05) is 100 Å². The summed E-state index contributed by atoms with van der Waals surface area (Å²) in [5.74, 6) is 1.48. The lowest BCUT2D eigenvalue weighted by Crippen LogP contribution is -1.99. The van der Waals surface area contributed by atoms with Crippen LogP contribution in [0, 0.1) is 0 Å². The third-order valence-electron chi connectivity index (χ3n) is 5.97. The van der Waals surface area contributed by atoms with Gasteiger partial charge in [0.05, 0.1) is 0 Å². The molecule has 35 heavy (non-hydrogen) atoms. The van der Waals surface area contributed by atoms with E-state index >= 15 is 0 Å². The summed E-state index contributed by atoms with van der Waals surface area (Å²) in [5, 5.41) is 0. The van der Waals surface area contributed by atoms with Crippen molar-refractivity contribution in [2.45, 2.75) is 39.5 Å². The van der Waals surface area contributed by atoms with E-state index in [1.54, 1.807) is 24.3 Å². The largest absolute Gasteiger partial charge is 0.584 e. The normalized spacial score (nSPS) is 11.6. The van der Waals surface area contributed by atoms with Crippen LogP contribution in [0.2, 0.25) is 0 Å². The van der Waals surface area contributed by atoms with Crippen LogP contribution in [0.5, 0.6) is 11.5 Å². The lowest BCUT2D eigenvalue weighted by molar-refractivity contribution is 0.291. The van der Waals surface area contributed by atoms with Crippen LogP contribution in [0.4, 0.5) is 0 Å². The summed E-state index contributed by atoms with van der Waals surface area (Å²) in [6, 6.07) is 30.9. The molecular weight excluding hydrogens is 455 g/mol. The predicted molar refractivity (Wildman–Crippen MR) is 143 cm³/mol. The van der Waals surface area contributed by atoms with Crippen molar-refractivity contribution >= 4 is 7.82 Å². The Morgan fingerprint density at radius 2 is 0.771 bits per heavy atom. The van der Waals surface area contributed by atoms with E-state index in [1.165, 1.54) is 11.1 Å². The van der Waals surface area contributed by atoms with E-state index in [0.717, 1.165) is 22.3 Å². The average molecular weight is 487 g/mol. The van der Waals surface area contributed by atoms with Gasteiger partial charge >= 0.3 is 7.82 Å². The highest BCUT2D eigenvalue weighted by Crippen LogP contribution is 2.45. The van der Waals surface area contributed by atoms with E-state index in [1.807, 2.05) is 24.3 Å². The maximum atomic E-state index is 12.6. The molecule has 0 amide bonds. The molecule has 4 aromatic carbocycles. The summed E-state index contributed by atoms with van der Waals surface area (Å²) in [4.78, 5) is 10.3. The van der Waals surface area contributed by atoms with Gasteiger partial charge < -0.3 is 9.05 Å². The van der Waals surface area contributed by atoms with Gasteiger partial charge in [-0.25, -0.2) is 4.57 Å². The Balaban J connectivity index is 1.39. The van der Waals surface area contributed by atoms with Crippen molar-refractivity contribution in [3.8, 4) is 33.8 Å². The van der Waals surface area contributed by atoms with Gasteiger partial charge in [0.25, 0.3) is 0 Å². The van der Waals surface area contributed by atoms with Gasteiger partial charge in [0.2, 0.25) is 0 Å². The molecule has 0 aliphatic rings. The average Bonchev–Trinajstić information content (AvgIpc) is 2.84. The minimum Gasteiger partial charge on any atom is -0.395 e. The van der Waals surface area contributed by atoms with Crippen molar-refractivity contribution in [2.24, 2.45) is 0 Å². The highest BCUT2D eigenvalue weighted by molar-refractivity contribution is 7.48. The second-order valence-corrected chi connectivity index (χ2v) is 10.6. The molecule has 0 heterocycles. The van der Waals surface area contributed by atoms with E-state index in [9.17, 15) is 9.46 Å². The van der Waals surface area contributed by atoms with E-state index in [4.69, 9.17) is 9.05 Å². The fourth-order valence-corrected chi connectivity index (χ4v) is 4.64. The van der Waals surface area contributed by atoms with Crippen molar-refractivity contribution in [1.82, 2.24) is 0 Å². The molecule has 5 heteroatoms. The van der Waals surface area contributed by atoms with Crippen molar-refractivity contribution in [2.75, 3.05) is 0 Å². The lowest BCUT2D eigenvalue weighted by Gasteiger charge is -2.14. The fraction of sp³-hybridized carbons (Fsp3) is 0.200. The maximum Gasteiger partial charge on any atom is 0.584 e.